The molecule has 2 aromatic carbocycles. The number of nitro benzene ring substituents is 1. The highest BCUT2D eigenvalue weighted by atomic mass is 16.6. The van der Waals surface area contributed by atoms with E-state index in [1.165, 1.54) is 30.2 Å². The lowest BCUT2D eigenvalue weighted by Gasteiger charge is -2.26. The average molecular weight is 468 g/mol. The highest BCUT2D eigenvalue weighted by molar-refractivity contribution is 6.46. The van der Waals surface area contributed by atoms with Gasteiger partial charge in [0, 0.05) is 18.7 Å². The standard InChI is InChI=1S/C25H29N3O6/c1-4-26(5-2)14-9-15-27-22(17-10-8-11-18(16-17)28(32)33)21(24(30)25(27)31)23(29)19-12-6-7-13-20(19)34-3/h6-8,10-13,16,22,29H,4-5,9,14-15H2,1-3H3/b23-21+. The summed E-state index contributed by atoms with van der Waals surface area (Å²) in [7, 11) is 1.44. The molecule has 1 heterocycles. The molecule has 0 spiro atoms. The van der Waals surface area contributed by atoms with Gasteiger partial charge in [0.1, 0.15) is 11.5 Å². The molecule has 34 heavy (non-hydrogen) atoms. The van der Waals surface area contributed by atoms with Crippen molar-refractivity contribution in [1.29, 1.82) is 0 Å². The number of nitrogens with zero attached hydrogens (tertiary/aromatic N) is 3. The molecule has 1 N–H and O–H groups in total. The van der Waals surface area contributed by atoms with Crippen LogP contribution in [0.1, 0.15) is 37.4 Å². The van der Waals surface area contributed by atoms with Crippen LogP contribution in [0.4, 0.5) is 5.69 Å². The molecule has 9 heteroatoms. The lowest BCUT2D eigenvalue weighted by molar-refractivity contribution is -0.384. The van der Waals surface area contributed by atoms with E-state index in [0.29, 0.717) is 17.7 Å². The number of hydrogen-bond donors (Lipinski definition) is 1. The molecule has 0 radical (unpaired) electrons. The lowest BCUT2D eigenvalue weighted by atomic mass is 9.94. The van der Waals surface area contributed by atoms with Gasteiger partial charge in [0.05, 0.1) is 29.2 Å². The van der Waals surface area contributed by atoms with Gasteiger partial charge in [-0.25, -0.2) is 0 Å². The fraction of sp³-hybridized carbons (Fsp3) is 0.360. The van der Waals surface area contributed by atoms with Crippen molar-refractivity contribution in [2.45, 2.75) is 26.3 Å². The van der Waals surface area contributed by atoms with E-state index in [4.69, 9.17) is 4.74 Å². The van der Waals surface area contributed by atoms with Gasteiger partial charge in [-0.15, -0.1) is 0 Å². The van der Waals surface area contributed by atoms with E-state index in [1.807, 2.05) is 13.8 Å². The summed E-state index contributed by atoms with van der Waals surface area (Å²) >= 11 is 0. The number of ether oxygens (including phenoxy) is 1. The number of non-ortho nitro benzene ring substituents is 1. The van der Waals surface area contributed by atoms with Crippen molar-refractivity contribution in [2.75, 3.05) is 33.3 Å². The second-order valence-corrected chi connectivity index (χ2v) is 7.93. The lowest BCUT2D eigenvalue weighted by Crippen LogP contribution is -2.33. The first-order chi connectivity index (χ1) is 16.3. The van der Waals surface area contributed by atoms with E-state index < -0.39 is 22.7 Å². The summed E-state index contributed by atoms with van der Waals surface area (Å²) in [5.41, 5.74) is 0.371. The number of nitro groups is 1. The monoisotopic (exact) mass is 467 g/mol. The number of methoxy groups -OCH3 is 1. The first-order valence-electron chi connectivity index (χ1n) is 11.2. The second kappa shape index (κ2) is 10.9. The fourth-order valence-corrected chi connectivity index (χ4v) is 4.26. The molecule has 1 unspecified atom stereocenters. The molecule has 1 aliphatic rings. The number of benzene rings is 2. The average Bonchev–Trinajstić information content (AvgIpc) is 3.11. The summed E-state index contributed by atoms with van der Waals surface area (Å²) in [4.78, 5) is 40.7. The molecular weight excluding hydrogens is 438 g/mol. The number of ketones is 1. The Balaban J connectivity index is 2.11. The summed E-state index contributed by atoms with van der Waals surface area (Å²) in [5, 5.41) is 22.6. The number of Topliss-reactive ketones (excluding diaryl/α,β-unsaturated/α-hetero) is 1. The van der Waals surface area contributed by atoms with Gasteiger partial charge in [-0.3, -0.25) is 19.7 Å². The number of para-hydroxylation sites is 1. The first kappa shape index (κ1) is 24.9. The number of carbonyl (C=O) groups excluding carboxylic acids is 2. The topological polar surface area (TPSA) is 113 Å². The van der Waals surface area contributed by atoms with E-state index in [-0.39, 0.29) is 29.1 Å². The van der Waals surface area contributed by atoms with Gasteiger partial charge in [0.2, 0.25) is 0 Å². The largest absolute Gasteiger partial charge is 0.507 e. The third kappa shape index (κ3) is 4.94. The number of amides is 1. The van der Waals surface area contributed by atoms with Crippen molar-refractivity contribution in [2.24, 2.45) is 0 Å². The highest BCUT2D eigenvalue weighted by Gasteiger charge is 2.46. The van der Waals surface area contributed by atoms with Gasteiger partial charge >= 0.3 is 0 Å². The van der Waals surface area contributed by atoms with Crippen molar-refractivity contribution in [1.82, 2.24) is 9.80 Å². The quantitative estimate of drug-likeness (QED) is 0.186. The number of aliphatic hydroxyl groups excluding tert-OH is 1. The molecular formula is C25H29N3O6. The SMILES string of the molecule is CCN(CC)CCCN1C(=O)C(=O)/C(=C(/O)c2ccccc2OC)C1c1cccc([N+](=O)[O-])c1. The molecule has 1 atom stereocenters. The number of likely N-dealkylation sites (tertiary alicyclic amines) is 1. The maximum Gasteiger partial charge on any atom is 0.295 e. The Kier molecular flexibility index (Phi) is 8.01. The fourth-order valence-electron chi connectivity index (χ4n) is 4.26. The number of rotatable bonds is 10. The predicted molar refractivity (Wildman–Crippen MR) is 128 cm³/mol. The van der Waals surface area contributed by atoms with Crippen LogP contribution in [0.2, 0.25) is 0 Å². The van der Waals surface area contributed by atoms with Gasteiger partial charge in [-0.05, 0) is 43.8 Å². The molecule has 1 aliphatic heterocycles. The van der Waals surface area contributed by atoms with Gasteiger partial charge in [-0.2, -0.15) is 0 Å². The molecule has 1 amide bonds. The zero-order chi connectivity index (χ0) is 24.8. The summed E-state index contributed by atoms with van der Waals surface area (Å²) in [6.07, 6.45) is 0.606. The van der Waals surface area contributed by atoms with Crippen LogP contribution in [0.15, 0.2) is 54.1 Å². The molecule has 0 bridgehead atoms. The Hall–Kier alpha value is -3.72. The maximum atomic E-state index is 13.1. The molecule has 0 aliphatic carbocycles. The van der Waals surface area contributed by atoms with Crippen LogP contribution >= 0.6 is 0 Å². The smallest absolute Gasteiger partial charge is 0.295 e. The molecule has 0 aromatic heterocycles. The Labute approximate surface area is 198 Å². The van der Waals surface area contributed by atoms with Crippen LogP contribution < -0.4 is 4.74 Å². The molecule has 1 saturated heterocycles. The number of hydrogen-bond acceptors (Lipinski definition) is 7. The van der Waals surface area contributed by atoms with E-state index in [2.05, 4.69) is 4.90 Å². The second-order valence-electron chi connectivity index (χ2n) is 7.93. The summed E-state index contributed by atoms with van der Waals surface area (Å²) in [6, 6.07) is 11.5. The third-order valence-electron chi connectivity index (χ3n) is 6.07. The van der Waals surface area contributed by atoms with Gasteiger partial charge in [0.25, 0.3) is 17.4 Å². The van der Waals surface area contributed by atoms with Crippen LogP contribution in [-0.4, -0.2) is 64.8 Å². The predicted octanol–water partition coefficient (Wildman–Crippen LogP) is 3.76. The minimum Gasteiger partial charge on any atom is -0.507 e. The molecule has 180 valence electrons. The number of aliphatic hydroxyl groups is 1. The molecule has 9 nitrogen and oxygen atoms in total. The van der Waals surface area contributed by atoms with E-state index in [9.17, 15) is 24.8 Å². The van der Waals surface area contributed by atoms with Gasteiger partial charge in [-0.1, -0.05) is 38.1 Å². The first-order valence-corrected chi connectivity index (χ1v) is 11.2. The molecule has 0 saturated carbocycles. The van der Waals surface area contributed by atoms with Crippen LogP contribution in [0.5, 0.6) is 5.75 Å². The van der Waals surface area contributed by atoms with E-state index in [0.717, 1.165) is 19.6 Å². The normalized spacial score (nSPS) is 17.4. The highest BCUT2D eigenvalue weighted by Crippen LogP contribution is 2.41. The van der Waals surface area contributed by atoms with E-state index in [1.54, 1.807) is 30.3 Å². The van der Waals surface area contributed by atoms with Crippen LogP contribution in [0, 0.1) is 10.1 Å². The zero-order valence-corrected chi connectivity index (χ0v) is 19.6. The van der Waals surface area contributed by atoms with Crippen molar-refractivity contribution in [3.05, 3.63) is 75.3 Å². The van der Waals surface area contributed by atoms with Crippen molar-refractivity contribution >= 4 is 23.1 Å². The molecule has 1 fully saturated rings. The van der Waals surface area contributed by atoms with Crippen LogP contribution in [-0.2, 0) is 9.59 Å². The summed E-state index contributed by atoms with van der Waals surface area (Å²) < 4.78 is 5.32. The van der Waals surface area contributed by atoms with Crippen LogP contribution in [0.25, 0.3) is 5.76 Å². The molecule has 2 aromatic rings. The minimum atomic E-state index is -0.957. The Morgan fingerprint density at radius 1 is 1.15 bits per heavy atom. The maximum absolute atomic E-state index is 13.1. The Morgan fingerprint density at radius 3 is 2.50 bits per heavy atom. The Bertz CT molecular complexity index is 1110. The van der Waals surface area contributed by atoms with Crippen molar-refractivity contribution in [3.63, 3.8) is 0 Å². The molecule has 3 rings (SSSR count). The third-order valence-corrected chi connectivity index (χ3v) is 6.07. The van der Waals surface area contributed by atoms with Crippen molar-refractivity contribution in [3.8, 4) is 5.75 Å². The summed E-state index contributed by atoms with van der Waals surface area (Å²) in [6.45, 7) is 6.80. The number of carbonyl (C=O) groups is 2. The van der Waals surface area contributed by atoms with Gasteiger partial charge in [0.15, 0.2) is 0 Å². The van der Waals surface area contributed by atoms with Crippen LogP contribution in [0.3, 0.4) is 0 Å². The summed E-state index contributed by atoms with van der Waals surface area (Å²) in [5.74, 6) is -1.61. The van der Waals surface area contributed by atoms with E-state index >= 15 is 0 Å². The zero-order valence-electron chi connectivity index (χ0n) is 19.6. The Morgan fingerprint density at radius 2 is 1.85 bits per heavy atom. The van der Waals surface area contributed by atoms with Crippen molar-refractivity contribution < 1.29 is 24.4 Å². The minimum absolute atomic E-state index is 0.113. The van der Waals surface area contributed by atoms with Gasteiger partial charge < -0.3 is 19.6 Å².